The van der Waals surface area contributed by atoms with Gasteiger partial charge in [-0.3, -0.25) is 0 Å². The van der Waals surface area contributed by atoms with Gasteiger partial charge in [0.05, 0.1) is 13.2 Å². The van der Waals surface area contributed by atoms with E-state index in [9.17, 15) is 8.78 Å². The van der Waals surface area contributed by atoms with E-state index in [1.54, 1.807) is 24.3 Å². The summed E-state index contributed by atoms with van der Waals surface area (Å²) in [5.74, 6) is 2.35. The second-order valence-electron chi connectivity index (χ2n) is 13.3. The van der Waals surface area contributed by atoms with Crippen molar-refractivity contribution in [1.82, 2.24) is 0 Å². The van der Waals surface area contributed by atoms with Crippen molar-refractivity contribution in [1.29, 1.82) is 0 Å². The van der Waals surface area contributed by atoms with E-state index < -0.39 is 0 Å². The van der Waals surface area contributed by atoms with Crippen molar-refractivity contribution in [3.8, 4) is 0 Å². The van der Waals surface area contributed by atoms with E-state index in [0.717, 1.165) is 23.0 Å². The van der Waals surface area contributed by atoms with Gasteiger partial charge >= 0.3 is 0 Å². The van der Waals surface area contributed by atoms with Gasteiger partial charge in [0.25, 0.3) is 0 Å². The number of allylic oxidation sites excluding steroid dienone is 2. The zero-order valence-electron chi connectivity index (χ0n) is 27.0. The van der Waals surface area contributed by atoms with Crippen LogP contribution in [0.25, 0.3) is 11.1 Å². The van der Waals surface area contributed by atoms with Gasteiger partial charge < -0.3 is 4.74 Å². The predicted molar refractivity (Wildman–Crippen MR) is 179 cm³/mol. The summed E-state index contributed by atoms with van der Waals surface area (Å²) in [6, 6.07) is 14.0. The topological polar surface area (TPSA) is 9.23 Å². The monoisotopic (exact) mass is 590 g/mol. The minimum absolute atomic E-state index is 0.188. The average molecular weight is 591 g/mol. The normalized spacial score (nSPS) is 23.4. The zero-order valence-corrected chi connectivity index (χ0v) is 27.0. The molecule has 1 nitrogen and oxygen atoms in total. The average Bonchev–Trinajstić information content (AvgIpc) is 3.03. The molecule has 0 aromatic heterocycles. The highest BCUT2D eigenvalue weighted by molar-refractivity contribution is 5.68. The number of unbranched alkanes of at least 4 members (excludes halogenated alkanes) is 4. The molecule has 2 aromatic rings. The Morgan fingerprint density at radius 3 is 1.30 bits per heavy atom. The molecule has 0 N–H and O–H groups in total. The summed E-state index contributed by atoms with van der Waals surface area (Å²) < 4.78 is 33.7. The third-order valence-corrected chi connectivity index (χ3v) is 10.2. The molecule has 2 aliphatic carbocycles. The predicted octanol–water partition coefficient (Wildman–Crippen LogP) is 12.2. The van der Waals surface area contributed by atoms with Crippen molar-refractivity contribution in [3.05, 3.63) is 83.4 Å². The van der Waals surface area contributed by atoms with Crippen molar-refractivity contribution < 1.29 is 13.5 Å². The maximum absolute atomic E-state index is 13.8. The van der Waals surface area contributed by atoms with Crippen LogP contribution in [0.4, 0.5) is 8.78 Å². The zero-order chi connectivity index (χ0) is 30.3. The minimum atomic E-state index is -0.188. The van der Waals surface area contributed by atoms with Gasteiger partial charge in [-0.05, 0) is 122 Å². The van der Waals surface area contributed by atoms with Crippen LogP contribution in [-0.4, -0.2) is 13.2 Å². The lowest BCUT2D eigenvalue weighted by atomic mass is 9.75. The number of benzene rings is 2. The lowest BCUT2D eigenvalue weighted by molar-refractivity contribution is 0.193. The van der Waals surface area contributed by atoms with Gasteiger partial charge in [0.15, 0.2) is 0 Å². The molecule has 2 fully saturated rings. The summed E-state index contributed by atoms with van der Waals surface area (Å²) in [4.78, 5) is 0. The van der Waals surface area contributed by atoms with E-state index in [-0.39, 0.29) is 11.6 Å². The SMILES string of the molecule is CCCCC[C@H]1CC[C@H](C(=CCOCC=C(c2ccc(F)cc2)[C@H]2CC[C@H](CCCCC)CC2)c2ccc(F)cc2)CC1. The van der Waals surface area contributed by atoms with E-state index in [4.69, 9.17) is 4.74 Å². The van der Waals surface area contributed by atoms with E-state index in [1.807, 2.05) is 24.3 Å². The Kier molecular flexibility index (Phi) is 14.5. The summed E-state index contributed by atoms with van der Waals surface area (Å²) in [5.41, 5.74) is 4.88. The molecule has 4 rings (SSSR count). The van der Waals surface area contributed by atoms with Gasteiger partial charge in [0, 0.05) is 0 Å². The fourth-order valence-corrected chi connectivity index (χ4v) is 7.58. The molecule has 0 heterocycles. The van der Waals surface area contributed by atoms with Crippen molar-refractivity contribution in [2.45, 2.75) is 117 Å². The van der Waals surface area contributed by atoms with Crippen LogP contribution in [0, 0.1) is 35.3 Å². The van der Waals surface area contributed by atoms with Crippen molar-refractivity contribution in [2.24, 2.45) is 23.7 Å². The highest BCUT2D eigenvalue weighted by Gasteiger charge is 2.26. The first-order chi connectivity index (χ1) is 21.1. The molecule has 0 spiro atoms. The number of ether oxygens (including phenoxy) is 1. The Balaban J connectivity index is 1.38. The molecule has 0 unspecified atom stereocenters. The highest BCUT2D eigenvalue weighted by Crippen LogP contribution is 2.41. The first-order valence-electron chi connectivity index (χ1n) is 17.6. The van der Waals surface area contributed by atoms with Gasteiger partial charge in [-0.15, -0.1) is 0 Å². The minimum Gasteiger partial charge on any atom is -0.373 e. The molecular formula is C40H56F2O. The number of rotatable bonds is 16. The Labute approximate surface area is 261 Å². The van der Waals surface area contributed by atoms with Crippen LogP contribution in [-0.2, 0) is 4.74 Å². The molecule has 2 aliphatic rings. The lowest BCUT2D eigenvalue weighted by Gasteiger charge is -2.31. The third kappa shape index (κ3) is 11.0. The van der Waals surface area contributed by atoms with Crippen LogP contribution in [0.5, 0.6) is 0 Å². The van der Waals surface area contributed by atoms with Crippen LogP contribution >= 0.6 is 0 Å². The Bertz CT molecular complexity index is 1010. The van der Waals surface area contributed by atoms with Gasteiger partial charge in [-0.25, -0.2) is 8.78 Å². The second-order valence-corrected chi connectivity index (χ2v) is 13.3. The quantitative estimate of drug-likeness (QED) is 0.177. The van der Waals surface area contributed by atoms with Crippen LogP contribution < -0.4 is 0 Å². The largest absolute Gasteiger partial charge is 0.373 e. The van der Waals surface area contributed by atoms with Gasteiger partial charge in [-0.2, -0.15) is 0 Å². The Hall–Kier alpha value is -2.26. The van der Waals surface area contributed by atoms with Crippen LogP contribution in [0.2, 0.25) is 0 Å². The number of hydrogen-bond acceptors (Lipinski definition) is 1. The summed E-state index contributed by atoms with van der Waals surface area (Å²) in [7, 11) is 0. The lowest BCUT2D eigenvalue weighted by Crippen LogP contribution is -2.17. The maximum atomic E-state index is 13.8. The van der Waals surface area contributed by atoms with Gasteiger partial charge in [0.1, 0.15) is 11.6 Å². The van der Waals surface area contributed by atoms with Gasteiger partial charge in [0.2, 0.25) is 0 Å². The van der Waals surface area contributed by atoms with Crippen molar-refractivity contribution in [3.63, 3.8) is 0 Å². The first-order valence-corrected chi connectivity index (χ1v) is 17.6. The maximum Gasteiger partial charge on any atom is 0.123 e. The fourth-order valence-electron chi connectivity index (χ4n) is 7.58. The standard InChI is InChI=1S/C40H56F2O/c1-3-5-7-9-31-11-15-33(16-12-31)39(35-19-23-37(41)24-20-35)27-29-43-30-28-40(36-21-25-38(42)26-22-36)34-17-13-32(14-18-34)10-8-6-4-2/h19-28,31-34H,3-18,29-30H2,1-2H3/t31-,32-,33-,34-. The highest BCUT2D eigenvalue weighted by atomic mass is 19.1. The van der Waals surface area contributed by atoms with Crippen LogP contribution in [0.1, 0.15) is 128 Å². The number of halogens is 2. The molecule has 236 valence electrons. The first kappa shape index (κ1) is 33.6. The molecule has 0 aliphatic heterocycles. The molecule has 3 heteroatoms. The third-order valence-electron chi connectivity index (χ3n) is 10.2. The molecule has 43 heavy (non-hydrogen) atoms. The molecule has 0 radical (unpaired) electrons. The summed E-state index contributed by atoms with van der Waals surface area (Å²) in [5, 5.41) is 0. The van der Waals surface area contributed by atoms with Crippen LogP contribution in [0.15, 0.2) is 60.7 Å². The molecule has 0 saturated heterocycles. The molecule has 0 atom stereocenters. The van der Waals surface area contributed by atoms with E-state index in [1.165, 1.54) is 114 Å². The number of hydrogen-bond donors (Lipinski definition) is 0. The molecular weight excluding hydrogens is 534 g/mol. The Morgan fingerprint density at radius 2 is 0.953 bits per heavy atom. The van der Waals surface area contributed by atoms with Gasteiger partial charge in [-0.1, -0.05) is 102 Å². The van der Waals surface area contributed by atoms with E-state index in [0.29, 0.717) is 25.0 Å². The molecule has 2 saturated carbocycles. The molecule has 0 bridgehead atoms. The summed E-state index contributed by atoms with van der Waals surface area (Å²) in [6.45, 7) is 5.64. The van der Waals surface area contributed by atoms with Crippen LogP contribution in [0.3, 0.4) is 0 Å². The van der Waals surface area contributed by atoms with E-state index >= 15 is 0 Å². The van der Waals surface area contributed by atoms with Crippen molar-refractivity contribution >= 4 is 11.1 Å². The summed E-state index contributed by atoms with van der Waals surface area (Å²) in [6.07, 6.45) is 25.2. The second kappa shape index (κ2) is 18.5. The Morgan fingerprint density at radius 1 is 0.581 bits per heavy atom. The van der Waals surface area contributed by atoms with E-state index in [2.05, 4.69) is 26.0 Å². The van der Waals surface area contributed by atoms with Crippen molar-refractivity contribution in [2.75, 3.05) is 13.2 Å². The summed E-state index contributed by atoms with van der Waals surface area (Å²) >= 11 is 0. The molecule has 2 aromatic carbocycles. The smallest absolute Gasteiger partial charge is 0.123 e. The fraction of sp³-hybridized carbons (Fsp3) is 0.600. The molecule has 0 amide bonds.